The molecule has 5 nitrogen and oxygen atoms in total. The summed E-state index contributed by atoms with van der Waals surface area (Å²) < 4.78 is 34.1. The quantitative estimate of drug-likeness (QED) is 0.717. The number of halogens is 1. The third-order valence-corrected chi connectivity index (χ3v) is 2.51. The molecule has 0 bridgehead atoms. The lowest BCUT2D eigenvalue weighted by Gasteiger charge is -2.04. The van der Waals surface area contributed by atoms with Gasteiger partial charge in [0.15, 0.2) is 11.6 Å². The maximum atomic E-state index is 13.0. The molecule has 0 spiro atoms. The van der Waals surface area contributed by atoms with Gasteiger partial charge in [-0.2, -0.15) is 0 Å². The Kier molecular flexibility index (Phi) is 3.98. The molecule has 3 N–H and O–H groups in total. The van der Waals surface area contributed by atoms with Crippen molar-refractivity contribution >= 4 is 15.8 Å². The predicted octanol–water partition coefficient (Wildman–Crippen LogP) is 0.311. The lowest BCUT2D eigenvalue weighted by Crippen LogP contribution is -2.19. The number of primary sulfonamides is 1. The normalized spacial score (nSPS) is 11.3. The lowest BCUT2D eigenvalue weighted by molar-refractivity contribution is 0.595. The van der Waals surface area contributed by atoms with Gasteiger partial charge in [0.05, 0.1) is 5.75 Å². The number of rotatable bonds is 5. The van der Waals surface area contributed by atoms with Crippen molar-refractivity contribution in [2.24, 2.45) is 5.14 Å². The number of sulfonamides is 1. The van der Waals surface area contributed by atoms with Crippen LogP contribution in [0.5, 0.6) is 0 Å². The maximum Gasteiger partial charge on any atom is 0.209 e. The molecule has 15 heavy (non-hydrogen) atoms. The van der Waals surface area contributed by atoms with Crippen molar-refractivity contribution in [2.75, 3.05) is 17.6 Å². The third kappa shape index (κ3) is 4.71. The van der Waals surface area contributed by atoms with E-state index in [-0.39, 0.29) is 11.6 Å². The number of nitrogens with two attached hydrogens (primary N) is 1. The van der Waals surface area contributed by atoms with Crippen molar-refractivity contribution in [1.82, 2.24) is 4.98 Å². The highest BCUT2D eigenvalue weighted by Gasteiger charge is 2.03. The Morgan fingerprint density at radius 3 is 2.87 bits per heavy atom. The number of pyridine rings is 1. The number of aromatic nitrogens is 1. The summed E-state index contributed by atoms with van der Waals surface area (Å²) in [4.78, 5) is 3.75. The Morgan fingerprint density at radius 2 is 2.27 bits per heavy atom. The molecule has 7 heteroatoms. The second-order valence-electron chi connectivity index (χ2n) is 2.98. The van der Waals surface area contributed by atoms with Crippen LogP contribution in [0.4, 0.5) is 10.2 Å². The van der Waals surface area contributed by atoms with Gasteiger partial charge in [0.2, 0.25) is 10.0 Å². The van der Waals surface area contributed by atoms with Crippen LogP contribution in [0.25, 0.3) is 0 Å². The molecule has 84 valence electrons. The van der Waals surface area contributed by atoms with Gasteiger partial charge in [0, 0.05) is 12.7 Å². The van der Waals surface area contributed by atoms with Gasteiger partial charge < -0.3 is 5.32 Å². The summed E-state index contributed by atoms with van der Waals surface area (Å²) in [5, 5.41) is 7.48. The van der Waals surface area contributed by atoms with Crippen molar-refractivity contribution < 1.29 is 12.8 Å². The van der Waals surface area contributed by atoms with E-state index in [1.54, 1.807) is 0 Å². The molecule has 0 aliphatic rings. The van der Waals surface area contributed by atoms with Crippen LogP contribution >= 0.6 is 0 Å². The van der Waals surface area contributed by atoms with Crippen LogP contribution in [-0.4, -0.2) is 25.7 Å². The molecule has 0 radical (unpaired) electrons. The fourth-order valence-electron chi connectivity index (χ4n) is 0.996. The molecular weight excluding hydrogens is 221 g/mol. The molecule has 1 aromatic heterocycles. The van der Waals surface area contributed by atoms with Crippen LogP contribution < -0.4 is 10.5 Å². The smallest absolute Gasteiger partial charge is 0.209 e. The zero-order valence-corrected chi connectivity index (χ0v) is 8.80. The first-order chi connectivity index (χ1) is 6.99. The fourth-order valence-corrected chi connectivity index (χ4v) is 1.54. The number of anilines is 1. The molecule has 0 fully saturated rings. The standard InChI is InChI=1S/C8H12FN3O2S/c9-7-3-1-4-11-8(7)12-5-2-6-15(10,13)14/h1,3-4H,2,5-6H2,(H,11,12)(H2,10,13,14). The third-order valence-electron chi connectivity index (χ3n) is 1.66. The Morgan fingerprint density at radius 1 is 1.53 bits per heavy atom. The second-order valence-corrected chi connectivity index (χ2v) is 4.72. The second kappa shape index (κ2) is 5.04. The first kappa shape index (κ1) is 11.9. The van der Waals surface area contributed by atoms with Gasteiger partial charge in [0.1, 0.15) is 0 Å². The van der Waals surface area contributed by atoms with Crippen LogP contribution in [0.2, 0.25) is 0 Å². The minimum atomic E-state index is -3.44. The number of hydrogen-bond acceptors (Lipinski definition) is 4. The fraction of sp³-hybridized carbons (Fsp3) is 0.375. The Labute approximate surface area is 87.6 Å². The monoisotopic (exact) mass is 233 g/mol. The van der Waals surface area contributed by atoms with Crippen molar-refractivity contribution in [2.45, 2.75) is 6.42 Å². The molecule has 0 aliphatic carbocycles. The topological polar surface area (TPSA) is 85.1 Å². The lowest BCUT2D eigenvalue weighted by atomic mass is 10.4. The Bertz CT molecular complexity index is 422. The summed E-state index contributed by atoms with van der Waals surface area (Å²) >= 11 is 0. The van der Waals surface area contributed by atoms with Gasteiger partial charge in [0.25, 0.3) is 0 Å². The Balaban J connectivity index is 2.36. The number of hydrogen-bond donors (Lipinski definition) is 2. The summed E-state index contributed by atoms with van der Waals surface area (Å²) in [6.45, 7) is 0.310. The molecule has 0 saturated carbocycles. The largest absolute Gasteiger partial charge is 0.368 e. The molecule has 0 unspecified atom stereocenters. The Hall–Kier alpha value is -1.21. The number of nitrogens with zero attached hydrogens (tertiary/aromatic N) is 1. The zero-order valence-electron chi connectivity index (χ0n) is 7.98. The minimum Gasteiger partial charge on any atom is -0.368 e. The van der Waals surface area contributed by atoms with Crippen LogP contribution in [0.1, 0.15) is 6.42 Å². The predicted molar refractivity (Wildman–Crippen MR) is 55.3 cm³/mol. The van der Waals surface area contributed by atoms with Gasteiger partial charge in [-0.05, 0) is 18.6 Å². The number of nitrogens with one attached hydrogen (secondary N) is 1. The van der Waals surface area contributed by atoms with Crippen LogP contribution in [0.3, 0.4) is 0 Å². The van der Waals surface area contributed by atoms with Gasteiger partial charge >= 0.3 is 0 Å². The molecular formula is C8H12FN3O2S. The van der Waals surface area contributed by atoms with Gasteiger partial charge in [-0.3, -0.25) is 0 Å². The highest BCUT2D eigenvalue weighted by molar-refractivity contribution is 7.89. The summed E-state index contributed by atoms with van der Waals surface area (Å²) in [5.41, 5.74) is 0. The van der Waals surface area contributed by atoms with E-state index in [2.05, 4.69) is 10.3 Å². The molecule has 0 aliphatic heterocycles. The summed E-state index contributed by atoms with van der Waals surface area (Å²) in [7, 11) is -3.44. The average Bonchev–Trinajstić information content (AvgIpc) is 2.13. The van der Waals surface area contributed by atoms with Crippen molar-refractivity contribution in [3.05, 3.63) is 24.1 Å². The van der Waals surface area contributed by atoms with E-state index in [4.69, 9.17) is 5.14 Å². The van der Waals surface area contributed by atoms with Gasteiger partial charge in [-0.15, -0.1) is 0 Å². The molecule has 0 aromatic carbocycles. The molecule has 1 aromatic rings. The highest BCUT2D eigenvalue weighted by atomic mass is 32.2. The van der Waals surface area contributed by atoms with E-state index in [0.29, 0.717) is 13.0 Å². The van der Waals surface area contributed by atoms with Crippen LogP contribution in [0.15, 0.2) is 18.3 Å². The SMILES string of the molecule is NS(=O)(=O)CCCNc1ncccc1F. The molecule has 0 amide bonds. The first-order valence-electron chi connectivity index (χ1n) is 4.34. The van der Waals surface area contributed by atoms with E-state index >= 15 is 0 Å². The van der Waals surface area contributed by atoms with Crippen LogP contribution in [-0.2, 0) is 10.0 Å². The average molecular weight is 233 g/mol. The zero-order chi connectivity index (χ0) is 11.3. The summed E-state index contributed by atoms with van der Waals surface area (Å²) in [6, 6.07) is 2.75. The molecule has 0 saturated heterocycles. The highest BCUT2D eigenvalue weighted by Crippen LogP contribution is 2.07. The van der Waals surface area contributed by atoms with Gasteiger partial charge in [-0.1, -0.05) is 0 Å². The van der Waals surface area contributed by atoms with Gasteiger partial charge in [-0.25, -0.2) is 22.9 Å². The van der Waals surface area contributed by atoms with Crippen molar-refractivity contribution in [1.29, 1.82) is 0 Å². The van der Waals surface area contributed by atoms with Crippen molar-refractivity contribution in [3.63, 3.8) is 0 Å². The van der Waals surface area contributed by atoms with E-state index < -0.39 is 15.8 Å². The van der Waals surface area contributed by atoms with E-state index in [9.17, 15) is 12.8 Å². The summed E-state index contributed by atoms with van der Waals surface area (Å²) in [5.74, 6) is -0.478. The first-order valence-corrected chi connectivity index (χ1v) is 6.05. The van der Waals surface area contributed by atoms with E-state index in [1.807, 2.05) is 0 Å². The molecule has 1 heterocycles. The van der Waals surface area contributed by atoms with Crippen molar-refractivity contribution in [3.8, 4) is 0 Å². The van der Waals surface area contributed by atoms with E-state index in [1.165, 1.54) is 18.3 Å². The van der Waals surface area contributed by atoms with E-state index in [0.717, 1.165) is 0 Å². The van der Waals surface area contributed by atoms with Crippen LogP contribution in [0, 0.1) is 5.82 Å². The summed E-state index contributed by atoms with van der Waals surface area (Å²) in [6.07, 6.45) is 1.76. The molecule has 1 rings (SSSR count). The maximum absolute atomic E-state index is 13.0. The molecule has 0 atom stereocenters. The minimum absolute atomic E-state index is 0.118.